The van der Waals surface area contributed by atoms with E-state index in [9.17, 15) is 23.4 Å². The number of nitrogens with one attached hydrogen (secondary N) is 1. The maximum Gasteiger partial charge on any atom is 0.237 e. The summed E-state index contributed by atoms with van der Waals surface area (Å²) in [6.45, 7) is 8.81. The average Bonchev–Trinajstić information content (AvgIpc) is 3.23. The number of aliphatic hydroxyl groups excluding tert-OH is 2. The molecule has 1 aliphatic carbocycles. The van der Waals surface area contributed by atoms with E-state index in [4.69, 9.17) is 4.74 Å². The van der Waals surface area contributed by atoms with E-state index in [-0.39, 0.29) is 35.9 Å². The SMILES string of the molecule is CC#CCC(C)(C)[C@H](O)C=C[C@@H]1[C@H]2C[C@@H](CCCCC(=O)NS(=O)(=O)C(C)C)O[C@H]2C[C@H]1O. The van der Waals surface area contributed by atoms with Crippen LogP contribution in [0.4, 0.5) is 0 Å². The second kappa shape index (κ2) is 11.8. The van der Waals surface area contributed by atoms with E-state index in [1.54, 1.807) is 13.0 Å². The number of fused-ring (bicyclic) bond motifs is 1. The molecule has 2 aliphatic rings. The zero-order chi connectivity index (χ0) is 24.8. The van der Waals surface area contributed by atoms with Crippen LogP contribution in [0.1, 0.15) is 79.6 Å². The van der Waals surface area contributed by atoms with E-state index in [0.29, 0.717) is 19.3 Å². The van der Waals surface area contributed by atoms with E-state index >= 15 is 0 Å². The number of aliphatic hydroxyl groups is 2. The predicted octanol–water partition coefficient (Wildman–Crippen LogP) is 2.91. The second-order valence-corrected chi connectivity index (χ2v) is 12.6. The summed E-state index contributed by atoms with van der Waals surface area (Å²) >= 11 is 0. The number of unbranched alkanes of at least 4 members (excludes halogenated alkanes) is 1. The van der Waals surface area contributed by atoms with Crippen LogP contribution in [0.3, 0.4) is 0 Å². The highest BCUT2D eigenvalue weighted by molar-refractivity contribution is 7.90. The predicted molar refractivity (Wildman–Crippen MR) is 129 cm³/mol. The number of carbonyl (C=O) groups is 1. The van der Waals surface area contributed by atoms with Crippen LogP contribution in [-0.4, -0.2) is 54.2 Å². The van der Waals surface area contributed by atoms with Crippen molar-refractivity contribution in [3.63, 3.8) is 0 Å². The molecule has 8 heteroatoms. The van der Waals surface area contributed by atoms with Crippen molar-refractivity contribution in [1.82, 2.24) is 4.72 Å². The van der Waals surface area contributed by atoms with Gasteiger partial charge >= 0.3 is 0 Å². The first-order chi connectivity index (χ1) is 15.4. The Morgan fingerprint density at radius 3 is 2.61 bits per heavy atom. The molecule has 0 spiro atoms. The molecule has 2 fully saturated rings. The molecular formula is C25H41NO6S. The summed E-state index contributed by atoms with van der Waals surface area (Å²) < 4.78 is 31.8. The lowest BCUT2D eigenvalue weighted by atomic mass is 9.82. The summed E-state index contributed by atoms with van der Waals surface area (Å²) in [4.78, 5) is 11.9. The summed E-state index contributed by atoms with van der Waals surface area (Å²) in [6, 6.07) is 0. The first-order valence-electron chi connectivity index (χ1n) is 12.0. The third-order valence-electron chi connectivity index (χ3n) is 6.89. The van der Waals surface area contributed by atoms with Gasteiger partial charge < -0.3 is 14.9 Å². The normalized spacial score (nSPS) is 28.5. The number of sulfonamides is 1. The Hall–Kier alpha value is -1.40. The van der Waals surface area contributed by atoms with Crippen molar-refractivity contribution in [2.45, 2.75) is 109 Å². The summed E-state index contributed by atoms with van der Waals surface area (Å²) in [5.41, 5.74) is -0.363. The number of carbonyl (C=O) groups excluding carboxylic acids is 1. The molecule has 3 N–H and O–H groups in total. The standard InChI is InChI=1S/C25H41NO6S/c1-6-7-14-25(4,5)23(28)13-12-19-20-15-18(32-22(20)16-21(19)27)10-8-9-11-24(29)26-33(30,31)17(2)3/h12-13,17-23,27-28H,8-11,14-16H2,1-5H3,(H,26,29)/t18-,19-,20-,21-,22+,23-/m1/s1. The van der Waals surface area contributed by atoms with Crippen molar-refractivity contribution in [2.75, 3.05) is 0 Å². The van der Waals surface area contributed by atoms with E-state index in [0.717, 1.165) is 19.3 Å². The molecule has 1 amide bonds. The Labute approximate surface area is 199 Å². The van der Waals surface area contributed by atoms with Crippen LogP contribution in [0.25, 0.3) is 0 Å². The Morgan fingerprint density at radius 2 is 1.97 bits per heavy atom. The van der Waals surface area contributed by atoms with E-state index in [1.165, 1.54) is 13.8 Å². The Bertz CT molecular complexity index is 854. The van der Waals surface area contributed by atoms with Gasteiger partial charge in [-0.2, -0.15) is 0 Å². The molecular weight excluding hydrogens is 442 g/mol. The highest BCUT2D eigenvalue weighted by atomic mass is 32.2. The lowest BCUT2D eigenvalue weighted by Crippen LogP contribution is -2.35. The van der Waals surface area contributed by atoms with Crippen molar-refractivity contribution in [3.05, 3.63) is 12.2 Å². The maximum absolute atomic E-state index is 11.9. The number of amides is 1. The quantitative estimate of drug-likeness (QED) is 0.237. The molecule has 0 aromatic heterocycles. The first kappa shape index (κ1) is 27.8. The second-order valence-electron chi connectivity index (χ2n) is 10.4. The molecule has 1 aliphatic heterocycles. The molecule has 33 heavy (non-hydrogen) atoms. The molecule has 1 heterocycles. The molecule has 6 atom stereocenters. The topological polar surface area (TPSA) is 113 Å². The van der Waals surface area contributed by atoms with Gasteiger partial charge in [0.15, 0.2) is 0 Å². The van der Waals surface area contributed by atoms with Gasteiger partial charge in [-0.1, -0.05) is 32.4 Å². The fraction of sp³-hybridized carbons (Fsp3) is 0.800. The maximum atomic E-state index is 11.9. The Balaban J connectivity index is 1.80. The van der Waals surface area contributed by atoms with Crippen LogP contribution in [0.2, 0.25) is 0 Å². The highest BCUT2D eigenvalue weighted by Gasteiger charge is 2.47. The van der Waals surface area contributed by atoms with Crippen LogP contribution >= 0.6 is 0 Å². The fourth-order valence-corrected chi connectivity index (χ4v) is 5.19. The molecule has 0 aromatic carbocycles. The molecule has 0 unspecified atom stereocenters. The van der Waals surface area contributed by atoms with Gasteiger partial charge in [-0.3, -0.25) is 9.52 Å². The Kier molecular flexibility index (Phi) is 9.98. The van der Waals surface area contributed by atoms with Gasteiger partial charge in [0.2, 0.25) is 15.9 Å². The number of ether oxygens (including phenoxy) is 1. The summed E-state index contributed by atoms with van der Waals surface area (Å²) in [6.07, 6.45) is 7.08. The zero-order valence-electron chi connectivity index (χ0n) is 20.6. The van der Waals surface area contributed by atoms with Gasteiger partial charge in [-0.15, -0.1) is 11.8 Å². The van der Waals surface area contributed by atoms with Gasteiger partial charge in [0.1, 0.15) is 0 Å². The minimum absolute atomic E-state index is 0.00949. The molecule has 7 nitrogen and oxygen atoms in total. The molecule has 188 valence electrons. The molecule has 0 radical (unpaired) electrons. The summed E-state index contributed by atoms with van der Waals surface area (Å²) in [7, 11) is -3.58. The van der Waals surface area contributed by atoms with Crippen molar-refractivity contribution in [1.29, 1.82) is 0 Å². The van der Waals surface area contributed by atoms with Gasteiger partial charge in [-0.05, 0) is 46.0 Å². The van der Waals surface area contributed by atoms with E-state index in [2.05, 4.69) is 16.6 Å². The largest absolute Gasteiger partial charge is 0.392 e. The smallest absolute Gasteiger partial charge is 0.237 e. The molecule has 1 saturated carbocycles. The van der Waals surface area contributed by atoms with Gasteiger partial charge in [0.25, 0.3) is 0 Å². The minimum Gasteiger partial charge on any atom is -0.392 e. The van der Waals surface area contributed by atoms with Crippen LogP contribution in [0.15, 0.2) is 12.2 Å². The van der Waals surface area contributed by atoms with Crippen molar-refractivity contribution in [2.24, 2.45) is 17.3 Å². The number of hydrogen-bond acceptors (Lipinski definition) is 6. The van der Waals surface area contributed by atoms with Gasteiger partial charge in [0, 0.05) is 30.6 Å². The zero-order valence-corrected chi connectivity index (χ0v) is 21.4. The Morgan fingerprint density at radius 1 is 1.27 bits per heavy atom. The first-order valence-corrected chi connectivity index (χ1v) is 13.6. The number of rotatable bonds is 11. The fourth-order valence-electron chi connectivity index (χ4n) is 4.53. The van der Waals surface area contributed by atoms with Crippen molar-refractivity contribution in [3.8, 4) is 11.8 Å². The van der Waals surface area contributed by atoms with Crippen molar-refractivity contribution < 1.29 is 28.2 Å². The minimum atomic E-state index is -3.58. The van der Waals surface area contributed by atoms with Crippen LogP contribution < -0.4 is 4.72 Å². The van der Waals surface area contributed by atoms with Crippen molar-refractivity contribution >= 4 is 15.9 Å². The summed E-state index contributed by atoms with van der Waals surface area (Å²) in [5.74, 6) is 5.60. The van der Waals surface area contributed by atoms with E-state index in [1.807, 2.05) is 19.9 Å². The third kappa shape index (κ3) is 7.81. The average molecular weight is 484 g/mol. The molecule has 0 bridgehead atoms. The van der Waals surface area contributed by atoms with Gasteiger partial charge in [0.05, 0.1) is 29.7 Å². The molecule has 1 saturated heterocycles. The molecule has 0 aromatic rings. The van der Waals surface area contributed by atoms with Crippen LogP contribution in [0.5, 0.6) is 0 Å². The highest BCUT2D eigenvalue weighted by Crippen LogP contribution is 2.45. The lowest BCUT2D eigenvalue weighted by molar-refractivity contribution is -0.119. The summed E-state index contributed by atoms with van der Waals surface area (Å²) in [5, 5.41) is 20.5. The third-order valence-corrected chi connectivity index (χ3v) is 8.64. The molecule has 2 rings (SSSR count). The monoisotopic (exact) mass is 483 g/mol. The lowest BCUT2D eigenvalue weighted by Gasteiger charge is -2.27. The van der Waals surface area contributed by atoms with Crippen LogP contribution in [0, 0.1) is 29.1 Å². The van der Waals surface area contributed by atoms with E-state index < -0.39 is 33.4 Å². The van der Waals surface area contributed by atoms with Crippen LogP contribution in [-0.2, 0) is 19.6 Å². The number of hydrogen-bond donors (Lipinski definition) is 3. The van der Waals surface area contributed by atoms with Gasteiger partial charge in [-0.25, -0.2) is 8.42 Å².